The molecular formula is C19H19NO5. The van der Waals surface area contributed by atoms with Crippen LogP contribution in [0.15, 0.2) is 47.2 Å². The van der Waals surface area contributed by atoms with Gasteiger partial charge in [-0.25, -0.2) is 4.98 Å². The summed E-state index contributed by atoms with van der Waals surface area (Å²) in [5, 5.41) is 0. The summed E-state index contributed by atoms with van der Waals surface area (Å²) >= 11 is 0. The molecule has 130 valence electrons. The second-order valence-electron chi connectivity index (χ2n) is 5.20. The zero-order chi connectivity index (χ0) is 17.8. The van der Waals surface area contributed by atoms with Gasteiger partial charge >= 0.3 is 0 Å². The summed E-state index contributed by atoms with van der Waals surface area (Å²) in [4.78, 5) is 4.36. The third kappa shape index (κ3) is 3.24. The minimum Gasteiger partial charge on any atom is -0.497 e. The Kier molecular flexibility index (Phi) is 4.79. The molecule has 6 heteroatoms. The number of oxazole rings is 1. The minimum absolute atomic E-state index is 0.616. The Morgan fingerprint density at radius 2 is 1.40 bits per heavy atom. The number of hydrogen-bond acceptors (Lipinski definition) is 6. The maximum absolute atomic E-state index is 5.64. The Morgan fingerprint density at radius 1 is 0.720 bits per heavy atom. The molecule has 0 amide bonds. The first-order valence-corrected chi connectivity index (χ1v) is 7.59. The molecule has 6 nitrogen and oxygen atoms in total. The maximum Gasteiger partial charge on any atom is 0.182 e. The third-order valence-corrected chi connectivity index (χ3v) is 3.84. The lowest BCUT2D eigenvalue weighted by molar-refractivity contribution is 0.355. The fourth-order valence-corrected chi connectivity index (χ4v) is 2.58. The average Bonchev–Trinajstić information content (AvgIpc) is 3.16. The molecule has 0 aliphatic rings. The average molecular weight is 341 g/mol. The molecule has 0 bridgehead atoms. The van der Waals surface area contributed by atoms with Gasteiger partial charge in [0, 0.05) is 17.2 Å². The number of aromatic nitrogens is 1. The highest BCUT2D eigenvalue weighted by Gasteiger charge is 2.17. The smallest absolute Gasteiger partial charge is 0.182 e. The molecule has 25 heavy (non-hydrogen) atoms. The van der Waals surface area contributed by atoms with E-state index in [0.717, 1.165) is 11.1 Å². The van der Waals surface area contributed by atoms with Crippen molar-refractivity contribution in [2.24, 2.45) is 0 Å². The van der Waals surface area contributed by atoms with Crippen LogP contribution in [0.2, 0.25) is 0 Å². The molecule has 2 aromatic carbocycles. The Labute approximate surface area is 145 Å². The summed E-state index contributed by atoms with van der Waals surface area (Å²) < 4.78 is 26.9. The molecule has 0 radical (unpaired) electrons. The molecule has 0 atom stereocenters. The number of ether oxygens (including phenoxy) is 4. The van der Waals surface area contributed by atoms with E-state index in [1.807, 2.05) is 30.3 Å². The van der Waals surface area contributed by atoms with E-state index in [0.29, 0.717) is 34.5 Å². The standard InChI is InChI=1S/C19H19NO5/c1-21-14-7-13(8-15(10-14)22-2)18-19(25-11-20-18)12-5-6-16(23-3)17(9-12)24-4/h5-11H,1-4H3. The SMILES string of the molecule is COc1cc(OC)cc(-c2ncoc2-c2ccc(OC)c(OC)c2)c1. The van der Waals surface area contributed by atoms with Crippen molar-refractivity contribution in [2.45, 2.75) is 0 Å². The summed E-state index contributed by atoms with van der Waals surface area (Å²) in [5.74, 6) is 3.24. The minimum atomic E-state index is 0.616. The lowest BCUT2D eigenvalue weighted by atomic mass is 10.0. The van der Waals surface area contributed by atoms with Crippen LogP contribution in [-0.2, 0) is 0 Å². The lowest BCUT2D eigenvalue weighted by Crippen LogP contribution is -1.92. The fourth-order valence-electron chi connectivity index (χ4n) is 2.58. The van der Waals surface area contributed by atoms with Crippen molar-refractivity contribution in [3.63, 3.8) is 0 Å². The summed E-state index contributed by atoms with van der Waals surface area (Å²) in [7, 11) is 6.41. The van der Waals surface area contributed by atoms with E-state index in [9.17, 15) is 0 Å². The number of methoxy groups -OCH3 is 4. The van der Waals surface area contributed by atoms with Gasteiger partial charge in [0.2, 0.25) is 0 Å². The van der Waals surface area contributed by atoms with E-state index in [1.54, 1.807) is 34.5 Å². The normalized spacial score (nSPS) is 10.4. The highest BCUT2D eigenvalue weighted by molar-refractivity contribution is 5.79. The van der Waals surface area contributed by atoms with Crippen LogP contribution in [0.4, 0.5) is 0 Å². The number of rotatable bonds is 6. The predicted octanol–water partition coefficient (Wildman–Crippen LogP) is 4.04. The Morgan fingerprint density at radius 3 is 2.00 bits per heavy atom. The summed E-state index contributed by atoms with van der Waals surface area (Å²) in [6.07, 6.45) is 1.41. The molecule has 1 heterocycles. The van der Waals surface area contributed by atoms with Crippen molar-refractivity contribution in [1.82, 2.24) is 4.98 Å². The lowest BCUT2D eigenvalue weighted by Gasteiger charge is -2.10. The topological polar surface area (TPSA) is 63.0 Å². The molecule has 0 saturated carbocycles. The molecule has 0 fully saturated rings. The van der Waals surface area contributed by atoms with E-state index in [1.165, 1.54) is 6.39 Å². The molecule has 3 aromatic rings. The first kappa shape index (κ1) is 16.7. The summed E-state index contributed by atoms with van der Waals surface area (Å²) in [6, 6.07) is 11.1. The van der Waals surface area contributed by atoms with Crippen molar-refractivity contribution in [3.05, 3.63) is 42.8 Å². The van der Waals surface area contributed by atoms with E-state index in [4.69, 9.17) is 23.4 Å². The Hall–Kier alpha value is -3.15. The van der Waals surface area contributed by atoms with E-state index in [2.05, 4.69) is 4.98 Å². The van der Waals surface area contributed by atoms with Crippen molar-refractivity contribution in [3.8, 4) is 45.6 Å². The maximum atomic E-state index is 5.64. The Balaban J connectivity index is 2.10. The highest BCUT2D eigenvalue weighted by atomic mass is 16.5. The monoisotopic (exact) mass is 341 g/mol. The third-order valence-electron chi connectivity index (χ3n) is 3.84. The number of nitrogens with zero attached hydrogens (tertiary/aromatic N) is 1. The molecule has 0 N–H and O–H groups in total. The van der Waals surface area contributed by atoms with Gasteiger partial charge in [-0.15, -0.1) is 0 Å². The molecule has 0 unspecified atom stereocenters. The fraction of sp³-hybridized carbons (Fsp3) is 0.211. The van der Waals surface area contributed by atoms with Crippen LogP contribution in [0.25, 0.3) is 22.6 Å². The van der Waals surface area contributed by atoms with Crippen LogP contribution in [0.1, 0.15) is 0 Å². The second-order valence-corrected chi connectivity index (χ2v) is 5.20. The van der Waals surface area contributed by atoms with Crippen LogP contribution in [0.5, 0.6) is 23.0 Å². The van der Waals surface area contributed by atoms with E-state index in [-0.39, 0.29) is 0 Å². The van der Waals surface area contributed by atoms with Crippen molar-refractivity contribution in [2.75, 3.05) is 28.4 Å². The molecular weight excluding hydrogens is 322 g/mol. The van der Waals surface area contributed by atoms with Crippen molar-refractivity contribution >= 4 is 0 Å². The first-order chi connectivity index (χ1) is 12.2. The van der Waals surface area contributed by atoms with Gasteiger partial charge in [-0.2, -0.15) is 0 Å². The number of hydrogen-bond donors (Lipinski definition) is 0. The summed E-state index contributed by atoms with van der Waals surface area (Å²) in [5.41, 5.74) is 2.34. The van der Waals surface area contributed by atoms with Crippen molar-refractivity contribution < 1.29 is 23.4 Å². The molecule has 3 rings (SSSR count). The molecule has 0 aliphatic carbocycles. The van der Waals surface area contributed by atoms with Crippen LogP contribution >= 0.6 is 0 Å². The Bertz CT molecular complexity index is 850. The van der Waals surface area contributed by atoms with Crippen LogP contribution in [-0.4, -0.2) is 33.4 Å². The second kappa shape index (κ2) is 7.17. The zero-order valence-electron chi connectivity index (χ0n) is 14.5. The van der Waals surface area contributed by atoms with E-state index >= 15 is 0 Å². The summed E-state index contributed by atoms with van der Waals surface area (Å²) in [6.45, 7) is 0. The molecule has 0 spiro atoms. The van der Waals surface area contributed by atoms with Crippen LogP contribution in [0.3, 0.4) is 0 Å². The van der Waals surface area contributed by atoms with Gasteiger partial charge in [0.05, 0.1) is 28.4 Å². The van der Waals surface area contributed by atoms with Crippen LogP contribution < -0.4 is 18.9 Å². The number of benzene rings is 2. The van der Waals surface area contributed by atoms with Gasteiger partial charge in [-0.1, -0.05) is 0 Å². The molecule has 1 aromatic heterocycles. The quantitative estimate of drug-likeness (QED) is 0.674. The first-order valence-electron chi connectivity index (χ1n) is 7.59. The van der Waals surface area contributed by atoms with Crippen LogP contribution in [0, 0.1) is 0 Å². The van der Waals surface area contributed by atoms with Gasteiger partial charge in [-0.3, -0.25) is 0 Å². The largest absolute Gasteiger partial charge is 0.497 e. The highest BCUT2D eigenvalue weighted by Crippen LogP contribution is 2.38. The predicted molar refractivity (Wildman–Crippen MR) is 93.6 cm³/mol. The molecule has 0 aliphatic heterocycles. The van der Waals surface area contributed by atoms with Gasteiger partial charge < -0.3 is 23.4 Å². The van der Waals surface area contributed by atoms with E-state index < -0.39 is 0 Å². The molecule has 0 saturated heterocycles. The van der Waals surface area contributed by atoms with Gasteiger partial charge in [0.1, 0.15) is 17.2 Å². The zero-order valence-corrected chi connectivity index (χ0v) is 14.5. The van der Waals surface area contributed by atoms with Gasteiger partial charge in [0.25, 0.3) is 0 Å². The van der Waals surface area contributed by atoms with Gasteiger partial charge in [-0.05, 0) is 30.3 Å². The van der Waals surface area contributed by atoms with Crippen molar-refractivity contribution in [1.29, 1.82) is 0 Å². The van der Waals surface area contributed by atoms with Gasteiger partial charge in [0.15, 0.2) is 23.7 Å².